The van der Waals surface area contributed by atoms with Gasteiger partial charge in [-0.25, -0.2) is 0 Å². The highest BCUT2D eigenvalue weighted by Gasteiger charge is 2.20. The van der Waals surface area contributed by atoms with Crippen molar-refractivity contribution in [3.63, 3.8) is 0 Å². The molecule has 0 fully saturated rings. The van der Waals surface area contributed by atoms with Crippen molar-refractivity contribution in [2.24, 2.45) is 0 Å². The van der Waals surface area contributed by atoms with E-state index in [1.807, 2.05) is 11.3 Å². The Labute approximate surface area is 387 Å². The maximum atomic E-state index is 2.46. The standard InChI is InChI=1S/C64H41NS/c1-2-16-43(17-3-1)59-40-51(31-33-55(59)49-30-29-42-15-4-5-18-44(42)35-49)65(52-32-34-63-62(41-52)61-37-45-19-6-7-20-46(45)39-64(61)66-63)50-23-14-22-47(36-50)53-25-10-11-27-57(53)60-38-48-21-8-9-24-54(48)56-26-12-13-28-58(56)60/h1-41H. The first-order valence-electron chi connectivity index (χ1n) is 22.6. The van der Waals surface area contributed by atoms with Crippen LogP contribution in [0.25, 0.3) is 108 Å². The number of hydrogen-bond donors (Lipinski definition) is 0. The Hall–Kier alpha value is -8.30. The topological polar surface area (TPSA) is 3.24 Å². The zero-order valence-corrected chi connectivity index (χ0v) is 36.8. The average molecular weight is 856 g/mol. The van der Waals surface area contributed by atoms with Gasteiger partial charge in [0.05, 0.1) is 0 Å². The Balaban J connectivity index is 1.02. The Bertz CT molecular complexity index is 4010. The van der Waals surface area contributed by atoms with Crippen LogP contribution in [0, 0.1) is 0 Å². The molecule has 2 heteroatoms. The lowest BCUT2D eigenvalue weighted by Gasteiger charge is -2.27. The van der Waals surface area contributed by atoms with Crippen LogP contribution in [0.15, 0.2) is 249 Å². The lowest BCUT2D eigenvalue weighted by atomic mass is 9.89. The number of nitrogens with zero attached hydrogens (tertiary/aromatic N) is 1. The van der Waals surface area contributed by atoms with Crippen LogP contribution in [0.4, 0.5) is 17.1 Å². The first-order valence-corrected chi connectivity index (χ1v) is 23.5. The van der Waals surface area contributed by atoms with Crippen molar-refractivity contribution in [3.8, 4) is 44.5 Å². The van der Waals surface area contributed by atoms with Crippen molar-refractivity contribution in [3.05, 3.63) is 249 Å². The van der Waals surface area contributed by atoms with Crippen LogP contribution in [-0.2, 0) is 0 Å². The molecule has 0 saturated heterocycles. The van der Waals surface area contributed by atoms with Crippen molar-refractivity contribution >= 4 is 91.7 Å². The number of benzene rings is 12. The van der Waals surface area contributed by atoms with Gasteiger partial charge in [0.2, 0.25) is 0 Å². The van der Waals surface area contributed by atoms with Gasteiger partial charge in [-0.3, -0.25) is 0 Å². The summed E-state index contributed by atoms with van der Waals surface area (Å²) in [6, 6.07) is 91.8. The van der Waals surface area contributed by atoms with Crippen LogP contribution in [0.3, 0.4) is 0 Å². The average Bonchev–Trinajstić information content (AvgIpc) is 3.74. The Morgan fingerprint density at radius 2 is 0.803 bits per heavy atom. The van der Waals surface area contributed by atoms with Gasteiger partial charge >= 0.3 is 0 Å². The predicted octanol–water partition coefficient (Wildman–Crippen LogP) is 18.8. The second kappa shape index (κ2) is 15.7. The fourth-order valence-electron chi connectivity index (χ4n) is 10.2. The van der Waals surface area contributed by atoms with Gasteiger partial charge in [0, 0.05) is 37.2 Å². The molecule has 0 radical (unpaired) electrons. The summed E-state index contributed by atoms with van der Waals surface area (Å²) in [5.74, 6) is 0. The molecule has 13 aromatic rings. The summed E-state index contributed by atoms with van der Waals surface area (Å²) in [7, 11) is 0. The minimum absolute atomic E-state index is 1.09. The second-order valence-corrected chi connectivity index (χ2v) is 18.3. The van der Waals surface area contributed by atoms with Crippen molar-refractivity contribution in [1.82, 2.24) is 0 Å². The van der Waals surface area contributed by atoms with Crippen molar-refractivity contribution in [2.45, 2.75) is 0 Å². The van der Waals surface area contributed by atoms with Gasteiger partial charge < -0.3 is 4.90 Å². The first-order chi connectivity index (χ1) is 32.7. The Morgan fingerprint density at radius 1 is 0.227 bits per heavy atom. The Morgan fingerprint density at radius 3 is 1.64 bits per heavy atom. The molecule has 0 saturated carbocycles. The number of hydrogen-bond acceptors (Lipinski definition) is 2. The van der Waals surface area contributed by atoms with Crippen LogP contribution in [-0.4, -0.2) is 0 Å². The summed E-state index contributed by atoms with van der Waals surface area (Å²) in [6.45, 7) is 0. The van der Waals surface area contributed by atoms with Crippen LogP contribution < -0.4 is 4.90 Å². The highest BCUT2D eigenvalue weighted by atomic mass is 32.1. The number of rotatable bonds is 7. The monoisotopic (exact) mass is 855 g/mol. The summed E-state index contributed by atoms with van der Waals surface area (Å²) in [6.07, 6.45) is 0. The molecule has 1 heterocycles. The van der Waals surface area contributed by atoms with E-state index in [0.29, 0.717) is 0 Å². The van der Waals surface area contributed by atoms with Gasteiger partial charge in [-0.05, 0) is 154 Å². The molecule has 0 aliphatic rings. The molecule has 66 heavy (non-hydrogen) atoms. The molecular weight excluding hydrogens is 815 g/mol. The number of anilines is 3. The van der Waals surface area contributed by atoms with Crippen molar-refractivity contribution in [2.75, 3.05) is 4.90 Å². The van der Waals surface area contributed by atoms with E-state index in [4.69, 9.17) is 0 Å². The van der Waals surface area contributed by atoms with Crippen molar-refractivity contribution in [1.29, 1.82) is 0 Å². The third-order valence-corrected chi connectivity index (χ3v) is 14.5. The summed E-state index contributed by atoms with van der Waals surface area (Å²) in [4.78, 5) is 2.46. The van der Waals surface area contributed by atoms with Crippen LogP contribution in [0.1, 0.15) is 0 Å². The van der Waals surface area contributed by atoms with Gasteiger partial charge in [-0.2, -0.15) is 0 Å². The molecule has 12 aromatic carbocycles. The van der Waals surface area contributed by atoms with Gasteiger partial charge in [0.25, 0.3) is 0 Å². The van der Waals surface area contributed by atoms with E-state index in [-0.39, 0.29) is 0 Å². The lowest BCUT2D eigenvalue weighted by Crippen LogP contribution is -2.10. The highest BCUT2D eigenvalue weighted by molar-refractivity contribution is 7.25. The molecule has 0 amide bonds. The summed E-state index contributed by atoms with van der Waals surface area (Å²) >= 11 is 1.87. The third kappa shape index (κ3) is 6.53. The summed E-state index contributed by atoms with van der Waals surface area (Å²) in [5.41, 5.74) is 12.9. The predicted molar refractivity (Wildman–Crippen MR) is 286 cm³/mol. The van der Waals surface area contributed by atoms with Gasteiger partial charge in [0.15, 0.2) is 0 Å². The molecular formula is C64H41NS. The molecule has 0 unspecified atom stereocenters. The molecule has 0 spiro atoms. The molecule has 1 aromatic heterocycles. The minimum Gasteiger partial charge on any atom is -0.310 e. The fraction of sp³-hybridized carbons (Fsp3) is 0. The maximum Gasteiger partial charge on any atom is 0.0468 e. The molecule has 13 rings (SSSR count). The zero-order chi connectivity index (χ0) is 43.6. The number of fused-ring (bicyclic) bond motifs is 8. The van der Waals surface area contributed by atoms with E-state index in [1.54, 1.807) is 0 Å². The largest absolute Gasteiger partial charge is 0.310 e. The van der Waals surface area contributed by atoms with Crippen LogP contribution >= 0.6 is 11.3 Å². The lowest BCUT2D eigenvalue weighted by molar-refractivity contribution is 1.29. The summed E-state index contributed by atoms with van der Waals surface area (Å²) < 4.78 is 2.59. The van der Waals surface area contributed by atoms with E-state index in [0.717, 1.165) is 22.6 Å². The van der Waals surface area contributed by atoms with E-state index in [2.05, 4.69) is 254 Å². The summed E-state index contributed by atoms with van der Waals surface area (Å²) in [5, 5.41) is 12.6. The first kappa shape index (κ1) is 38.2. The quantitative estimate of drug-likeness (QED) is 0.144. The van der Waals surface area contributed by atoms with Crippen LogP contribution in [0.2, 0.25) is 0 Å². The SMILES string of the molecule is c1ccc(-c2cc(N(c3cccc(-c4ccccc4-c4cc5ccccc5c5ccccc45)c3)c3ccc4sc5cc6ccccc6cc5c4c3)ccc2-c2ccc3ccccc3c2)cc1. The van der Waals surface area contributed by atoms with E-state index in [1.165, 1.54) is 102 Å². The third-order valence-electron chi connectivity index (χ3n) is 13.4. The van der Waals surface area contributed by atoms with E-state index >= 15 is 0 Å². The van der Waals surface area contributed by atoms with E-state index < -0.39 is 0 Å². The molecule has 0 aliphatic heterocycles. The molecule has 1 nitrogen and oxygen atoms in total. The zero-order valence-electron chi connectivity index (χ0n) is 36.0. The molecule has 0 bridgehead atoms. The molecule has 308 valence electrons. The Kier molecular flexibility index (Phi) is 9.11. The molecule has 0 atom stereocenters. The fourth-order valence-corrected chi connectivity index (χ4v) is 11.3. The van der Waals surface area contributed by atoms with Gasteiger partial charge in [-0.1, -0.05) is 182 Å². The normalized spacial score (nSPS) is 11.6. The van der Waals surface area contributed by atoms with Crippen LogP contribution in [0.5, 0.6) is 0 Å². The van der Waals surface area contributed by atoms with Crippen molar-refractivity contribution < 1.29 is 0 Å². The second-order valence-electron chi connectivity index (χ2n) is 17.3. The number of thiophene rings is 1. The smallest absolute Gasteiger partial charge is 0.0468 e. The van der Waals surface area contributed by atoms with Gasteiger partial charge in [0.1, 0.15) is 0 Å². The molecule has 0 aliphatic carbocycles. The highest BCUT2D eigenvalue weighted by Crippen LogP contribution is 2.46. The van der Waals surface area contributed by atoms with Gasteiger partial charge in [-0.15, -0.1) is 11.3 Å². The minimum atomic E-state index is 1.09. The molecule has 0 N–H and O–H groups in total. The van der Waals surface area contributed by atoms with E-state index in [9.17, 15) is 0 Å². The maximum absolute atomic E-state index is 2.46.